The maximum Gasteiger partial charge on any atom is 0.258 e. The summed E-state index contributed by atoms with van der Waals surface area (Å²) in [5.74, 6) is 1.18. The van der Waals surface area contributed by atoms with Crippen molar-refractivity contribution < 1.29 is 19.0 Å². The number of carbonyl (C=O) groups is 1. The lowest BCUT2D eigenvalue weighted by atomic mass is 10.2. The average molecular weight is 427 g/mol. The summed E-state index contributed by atoms with van der Waals surface area (Å²) in [5, 5.41) is 6.15. The highest BCUT2D eigenvalue weighted by Crippen LogP contribution is 2.27. The number of guanidine groups is 1. The van der Waals surface area contributed by atoms with Gasteiger partial charge in [-0.3, -0.25) is 20.0 Å². The van der Waals surface area contributed by atoms with Crippen LogP contribution in [0, 0.1) is 6.92 Å². The fraction of sp³-hybridized carbons (Fsp3) is 0.391. The van der Waals surface area contributed by atoms with E-state index in [-0.39, 0.29) is 5.91 Å². The first-order chi connectivity index (χ1) is 15.1. The van der Waals surface area contributed by atoms with E-state index in [4.69, 9.17) is 14.2 Å². The van der Waals surface area contributed by atoms with Gasteiger partial charge in [0.25, 0.3) is 5.91 Å². The molecule has 0 unspecified atom stereocenters. The summed E-state index contributed by atoms with van der Waals surface area (Å²) in [4.78, 5) is 19.8. The van der Waals surface area contributed by atoms with Crippen LogP contribution in [0.1, 0.15) is 15.9 Å². The van der Waals surface area contributed by atoms with E-state index in [1.807, 2.05) is 31.2 Å². The van der Waals surface area contributed by atoms with E-state index in [9.17, 15) is 4.79 Å². The minimum Gasteiger partial charge on any atom is -0.493 e. The molecule has 2 aromatic rings. The minimum atomic E-state index is -0.285. The highest BCUT2D eigenvalue weighted by molar-refractivity contribution is 6.10. The number of rotatable bonds is 7. The van der Waals surface area contributed by atoms with Crippen molar-refractivity contribution in [3.8, 4) is 11.5 Å². The normalized spacial score (nSPS) is 14.7. The number of anilines is 1. The second-order valence-electron chi connectivity index (χ2n) is 7.15. The van der Waals surface area contributed by atoms with Crippen LogP contribution in [0.15, 0.2) is 47.5 Å². The van der Waals surface area contributed by atoms with Crippen LogP contribution in [0.25, 0.3) is 0 Å². The van der Waals surface area contributed by atoms with E-state index in [1.54, 1.807) is 25.3 Å². The average Bonchev–Trinajstić information content (AvgIpc) is 2.80. The molecule has 1 heterocycles. The van der Waals surface area contributed by atoms with Crippen LogP contribution < -0.4 is 20.1 Å². The van der Waals surface area contributed by atoms with E-state index in [0.29, 0.717) is 29.6 Å². The van der Waals surface area contributed by atoms with Gasteiger partial charge < -0.3 is 19.5 Å². The third kappa shape index (κ3) is 6.44. The summed E-state index contributed by atoms with van der Waals surface area (Å²) in [6.07, 6.45) is 0. The van der Waals surface area contributed by atoms with Gasteiger partial charge in [0.15, 0.2) is 11.5 Å². The van der Waals surface area contributed by atoms with Gasteiger partial charge in [0.1, 0.15) is 0 Å². The van der Waals surface area contributed by atoms with Gasteiger partial charge >= 0.3 is 0 Å². The van der Waals surface area contributed by atoms with E-state index >= 15 is 0 Å². The number of aryl methyl sites for hydroxylation is 1. The van der Waals surface area contributed by atoms with Crippen LogP contribution in [-0.2, 0) is 4.74 Å². The molecule has 0 spiro atoms. The fourth-order valence-electron chi connectivity index (χ4n) is 3.24. The first-order valence-corrected chi connectivity index (χ1v) is 10.3. The van der Waals surface area contributed by atoms with Crippen molar-refractivity contribution in [3.05, 3.63) is 53.6 Å². The van der Waals surface area contributed by atoms with Gasteiger partial charge in [-0.05, 0) is 36.8 Å². The summed E-state index contributed by atoms with van der Waals surface area (Å²) in [6.45, 7) is 6.64. The van der Waals surface area contributed by atoms with Crippen molar-refractivity contribution in [3.63, 3.8) is 0 Å². The Morgan fingerprint density at radius 2 is 1.84 bits per heavy atom. The Morgan fingerprint density at radius 3 is 2.55 bits per heavy atom. The number of morpholine rings is 1. The predicted molar refractivity (Wildman–Crippen MR) is 121 cm³/mol. The van der Waals surface area contributed by atoms with Gasteiger partial charge in [0.05, 0.1) is 34.0 Å². The van der Waals surface area contributed by atoms with Gasteiger partial charge in [-0.15, -0.1) is 0 Å². The quantitative estimate of drug-likeness (QED) is 0.523. The summed E-state index contributed by atoms with van der Waals surface area (Å²) in [5.41, 5.74) is 2.40. The minimum absolute atomic E-state index is 0.285. The Hall–Kier alpha value is -3.10. The molecule has 0 atom stereocenters. The molecule has 0 aliphatic carbocycles. The fourth-order valence-corrected chi connectivity index (χ4v) is 3.24. The van der Waals surface area contributed by atoms with Gasteiger partial charge in [0, 0.05) is 30.9 Å². The van der Waals surface area contributed by atoms with Crippen LogP contribution in [0.5, 0.6) is 11.5 Å². The summed E-state index contributed by atoms with van der Waals surface area (Å²) in [7, 11) is 3.10. The summed E-state index contributed by atoms with van der Waals surface area (Å²) >= 11 is 0. The zero-order chi connectivity index (χ0) is 22.1. The second-order valence-corrected chi connectivity index (χ2v) is 7.15. The molecule has 3 rings (SSSR count). The Morgan fingerprint density at radius 1 is 1.10 bits per heavy atom. The highest BCUT2D eigenvalue weighted by Gasteiger charge is 2.14. The van der Waals surface area contributed by atoms with Crippen LogP contribution in [-0.4, -0.2) is 70.4 Å². The molecule has 0 aromatic heterocycles. The smallest absolute Gasteiger partial charge is 0.258 e. The summed E-state index contributed by atoms with van der Waals surface area (Å²) in [6, 6.07) is 12.9. The largest absolute Gasteiger partial charge is 0.493 e. The van der Waals surface area contributed by atoms with Crippen molar-refractivity contribution in [2.75, 3.05) is 58.9 Å². The summed E-state index contributed by atoms with van der Waals surface area (Å²) < 4.78 is 15.9. The number of para-hydroxylation sites is 1. The zero-order valence-electron chi connectivity index (χ0n) is 18.3. The third-order valence-electron chi connectivity index (χ3n) is 5.07. The van der Waals surface area contributed by atoms with Gasteiger partial charge in [-0.1, -0.05) is 18.2 Å². The Kier molecular flexibility index (Phi) is 8.26. The topological polar surface area (TPSA) is 84.4 Å². The number of nitrogens with zero attached hydrogens (tertiary/aromatic N) is 2. The number of methoxy groups -OCH3 is 2. The number of carbonyl (C=O) groups excluding carboxylic acids is 1. The monoisotopic (exact) mass is 426 g/mol. The molecule has 1 aliphatic heterocycles. The van der Waals surface area contributed by atoms with Crippen LogP contribution in [0.2, 0.25) is 0 Å². The van der Waals surface area contributed by atoms with Crippen molar-refractivity contribution in [2.24, 2.45) is 4.99 Å². The van der Waals surface area contributed by atoms with E-state index in [2.05, 4.69) is 20.5 Å². The number of hydrogen-bond donors (Lipinski definition) is 2. The van der Waals surface area contributed by atoms with Crippen molar-refractivity contribution >= 4 is 17.6 Å². The highest BCUT2D eigenvalue weighted by atomic mass is 16.5. The number of ether oxygens (including phenoxy) is 3. The Labute approximate surface area is 183 Å². The molecule has 2 aromatic carbocycles. The molecule has 1 fully saturated rings. The molecule has 31 heavy (non-hydrogen) atoms. The SMILES string of the molecule is COc1ccc(C(=O)NC(=NCCN2CCOCC2)Nc2ccccc2C)cc1OC. The molecular formula is C23H30N4O4. The molecule has 0 radical (unpaired) electrons. The van der Waals surface area contributed by atoms with Gasteiger partial charge in [0.2, 0.25) is 5.96 Å². The molecular weight excluding hydrogens is 396 g/mol. The van der Waals surface area contributed by atoms with Gasteiger partial charge in [-0.2, -0.15) is 0 Å². The van der Waals surface area contributed by atoms with Crippen LogP contribution in [0.3, 0.4) is 0 Å². The molecule has 1 aliphatic rings. The lowest BCUT2D eigenvalue weighted by Gasteiger charge is -2.25. The van der Waals surface area contributed by atoms with E-state index < -0.39 is 0 Å². The van der Waals surface area contributed by atoms with Crippen molar-refractivity contribution in [1.29, 1.82) is 0 Å². The lowest BCUT2D eigenvalue weighted by Crippen LogP contribution is -2.39. The molecule has 166 valence electrons. The maximum atomic E-state index is 12.9. The molecule has 8 heteroatoms. The van der Waals surface area contributed by atoms with Crippen LogP contribution >= 0.6 is 0 Å². The Balaban J connectivity index is 1.74. The number of nitrogens with one attached hydrogen (secondary N) is 2. The third-order valence-corrected chi connectivity index (χ3v) is 5.07. The standard InChI is InChI=1S/C23H30N4O4/c1-17-6-4-5-7-19(17)25-23(24-10-11-27-12-14-31-15-13-27)26-22(28)18-8-9-20(29-2)21(16-18)30-3/h4-9,16H,10-15H2,1-3H3,(H2,24,25,26,28). The zero-order valence-corrected chi connectivity index (χ0v) is 18.3. The molecule has 0 bridgehead atoms. The van der Waals surface area contributed by atoms with E-state index in [0.717, 1.165) is 44.1 Å². The molecule has 0 saturated carbocycles. The molecule has 1 saturated heterocycles. The molecule has 1 amide bonds. The second kappa shape index (κ2) is 11.3. The number of benzene rings is 2. The predicted octanol–water partition coefficient (Wildman–Crippen LogP) is 2.54. The number of hydrogen-bond acceptors (Lipinski definition) is 6. The maximum absolute atomic E-state index is 12.9. The first-order valence-electron chi connectivity index (χ1n) is 10.3. The number of aliphatic imine (C=N–C) groups is 1. The Bertz CT molecular complexity index is 910. The molecule has 2 N–H and O–H groups in total. The lowest BCUT2D eigenvalue weighted by molar-refractivity contribution is 0.0394. The van der Waals surface area contributed by atoms with Crippen LogP contribution in [0.4, 0.5) is 5.69 Å². The van der Waals surface area contributed by atoms with E-state index in [1.165, 1.54) is 7.11 Å². The first kappa shape index (κ1) is 22.6. The van der Waals surface area contributed by atoms with Crippen molar-refractivity contribution in [2.45, 2.75) is 6.92 Å². The van der Waals surface area contributed by atoms with Gasteiger partial charge in [-0.25, -0.2) is 0 Å². The van der Waals surface area contributed by atoms with Crippen molar-refractivity contribution in [1.82, 2.24) is 10.2 Å². The molecule has 8 nitrogen and oxygen atoms in total. The number of amides is 1.